The highest BCUT2D eigenvalue weighted by Crippen LogP contribution is 2.18. The monoisotopic (exact) mass is 182 g/mol. The summed E-state index contributed by atoms with van der Waals surface area (Å²) in [5, 5.41) is 17.9. The Bertz CT molecular complexity index is 316. The number of halogens is 1. The third-order valence-corrected chi connectivity index (χ3v) is 1.41. The maximum atomic E-state index is 9.08. The average molecular weight is 183 g/mol. The number of aromatic hydroxyl groups is 1. The molecule has 0 saturated heterocycles. The minimum atomic E-state index is -0.201. The van der Waals surface area contributed by atoms with E-state index in [1.165, 1.54) is 12.1 Å². The molecule has 2 N–H and O–H groups in total. The number of aliphatic hydroxyl groups excluding tert-OH is 1. The zero-order valence-corrected chi connectivity index (χ0v) is 6.97. The van der Waals surface area contributed by atoms with Crippen molar-refractivity contribution in [3.63, 3.8) is 0 Å². The van der Waals surface area contributed by atoms with Crippen molar-refractivity contribution >= 4 is 11.6 Å². The zero-order chi connectivity index (χ0) is 8.97. The van der Waals surface area contributed by atoms with Crippen LogP contribution in [0.15, 0.2) is 18.2 Å². The molecule has 0 aromatic heterocycles. The number of rotatable bonds is 0. The Hall–Kier alpha value is -1.17. The van der Waals surface area contributed by atoms with E-state index in [2.05, 4.69) is 11.8 Å². The fourth-order valence-corrected chi connectivity index (χ4v) is 1.02. The fourth-order valence-electron chi connectivity index (χ4n) is 0.788. The van der Waals surface area contributed by atoms with Crippen LogP contribution in [0.25, 0.3) is 0 Å². The third-order valence-electron chi connectivity index (χ3n) is 1.19. The van der Waals surface area contributed by atoms with Crippen LogP contribution in [0.1, 0.15) is 5.56 Å². The van der Waals surface area contributed by atoms with E-state index in [1.54, 1.807) is 6.07 Å². The first-order valence-corrected chi connectivity index (χ1v) is 3.69. The Morgan fingerprint density at radius 3 is 2.67 bits per heavy atom. The van der Waals surface area contributed by atoms with Gasteiger partial charge in [-0.15, -0.1) is 0 Å². The standard InChI is InChI=1S/C9H7ClO2/c10-8-4-7(2-1-3-11)5-9(12)6-8/h4-6,11-12H,3H2. The van der Waals surface area contributed by atoms with Gasteiger partial charge in [-0.1, -0.05) is 23.4 Å². The second-order valence-corrected chi connectivity index (χ2v) is 2.59. The van der Waals surface area contributed by atoms with Gasteiger partial charge < -0.3 is 10.2 Å². The Morgan fingerprint density at radius 1 is 1.33 bits per heavy atom. The predicted octanol–water partition coefficient (Wildman–Crippen LogP) is 1.39. The van der Waals surface area contributed by atoms with Gasteiger partial charge in [0.15, 0.2) is 0 Å². The van der Waals surface area contributed by atoms with E-state index in [0.29, 0.717) is 10.6 Å². The SMILES string of the molecule is OCC#Cc1cc(O)cc(Cl)c1. The second kappa shape index (κ2) is 4.01. The minimum Gasteiger partial charge on any atom is -0.508 e. The first-order chi connectivity index (χ1) is 5.72. The average Bonchev–Trinajstić information content (AvgIpc) is 1.99. The molecule has 0 amide bonds. The lowest BCUT2D eigenvalue weighted by Crippen LogP contribution is -1.77. The van der Waals surface area contributed by atoms with Crippen molar-refractivity contribution in [2.45, 2.75) is 0 Å². The summed E-state index contributed by atoms with van der Waals surface area (Å²) >= 11 is 5.64. The lowest BCUT2D eigenvalue weighted by molar-refractivity contribution is 0.350. The summed E-state index contributed by atoms with van der Waals surface area (Å²) in [6.07, 6.45) is 0. The molecule has 1 aromatic rings. The maximum absolute atomic E-state index is 9.08. The van der Waals surface area contributed by atoms with Crippen LogP contribution in [0.4, 0.5) is 0 Å². The molecule has 12 heavy (non-hydrogen) atoms. The zero-order valence-electron chi connectivity index (χ0n) is 6.21. The van der Waals surface area contributed by atoms with Crippen LogP contribution in [0.5, 0.6) is 5.75 Å². The van der Waals surface area contributed by atoms with Gasteiger partial charge in [-0.05, 0) is 18.2 Å². The molecule has 0 spiro atoms. The van der Waals surface area contributed by atoms with Crippen LogP contribution in [0.3, 0.4) is 0 Å². The molecule has 0 fully saturated rings. The van der Waals surface area contributed by atoms with Crippen LogP contribution in [-0.2, 0) is 0 Å². The highest BCUT2D eigenvalue weighted by atomic mass is 35.5. The van der Waals surface area contributed by atoms with Gasteiger partial charge in [-0.2, -0.15) is 0 Å². The molecule has 2 nitrogen and oxygen atoms in total. The molecule has 3 heteroatoms. The molecule has 0 bridgehead atoms. The molecule has 0 unspecified atom stereocenters. The van der Waals surface area contributed by atoms with Gasteiger partial charge in [0.2, 0.25) is 0 Å². The lowest BCUT2D eigenvalue weighted by atomic mass is 10.2. The smallest absolute Gasteiger partial charge is 0.118 e. The van der Waals surface area contributed by atoms with Crippen molar-refractivity contribution in [1.29, 1.82) is 0 Å². The normalized spacial score (nSPS) is 8.83. The third kappa shape index (κ3) is 2.46. The summed E-state index contributed by atoms with van der Waals surface area (Å²) in [4.78, 5) is 0. The summed E-state index contributed by atoms with van der Waals surface area (Å²) in [7, 11) is 0. The number of phenols is 1. The minimum absolute atomic E-state index is 0.0738. The van der Waals surface area contributed by atoms with Gasteiger partial charge in [-0.25, -0.2) is 0 Å². The Kier molecular flexibility index (Phi) is 2.98. The van der Waals surface area contributed by atoms with Gasteiger partial charge in [0, 0.05) is 10.6 Å². The first-order valence-electron chi connectivity index (χ1n) is 3.31. The number of aliphatic hydroxyl groups is 1. The molecule has 62 valence electrons. The molecule has 0 aliphatic heterocycles. The molecule has 0 aliphatic rings. The Labute approximate surface area is 75.4 Å². The number of hydrogen-bond donors (Lipinski definition) is 2. The molecule has 0 radical (unpaired) electrons. The van der Waals surface area contributed by atoms with E-state index in [-0.39, 0.29) is 12.4 Å². The lowest BCUT2D eigenvalue weighted by Gasteiger charge is -1.94. The topological polar surface area (TPSA) is 40.5 Å². The van der Waals surface area contributed by atoms with Crippen molar-refractivity contribution < 1.29 is 10.2 Å². The first kappa shape index (κ1) is 8.92. The Morgan fingerprint density at radius 2 is 2.08 bits per heavy atom. The summed E-state index contributed by atoms with van der Waals surface area (Å²) in [5.41, 5.74) is 0.592. The molecule has 1 aromatic carbocycles. The number of benzene rings is 1. The van der Waals surface area contributed by atoms with Gasteiger partial charge in [0.05, 0.1) is 0 Å². The predicted molar refractivity (Wildman–Crippen MR) is 47.1 cm³/mol. The molecule has 0 atom stereocenters. The van der Waals surface area contributed by atoms with Crippen molar-refractivity contribution in [3.05, 3.63) is 28.8 Å². The summed E-state index contributed by atoms with van der Waals surface area (Å²) in [6, 6.07) is 4.52. The van der Waals surface area contributed by atoms with E-state index < -0.39 is 0 Å². The quantitative estimate of drug-likeness (QED) is 0.596. The number of phenolic OH excluding ortho intramolecular Hbond substituents is 1. The molecule has 0 heterocycles. The van der Waals surface area contributed by atoms with Gasteiger partial charge in [0.25, 0.3) is 0 Å². The van der Waals surface area contributed by atoms with Gasteiger partial charge >= 0.3 is 0 Å². The highest BCUT2D eigenvalue weighted by molar-refractivity contribution is 6.30. The van der Waals surface area contributed by atoms with Crippen LogP contribution >= 0.6 is 11.6 Å². The molecular weight excluding hydrogens is 176 g/mol. The van der Waals surface area contributed by atoms with E-state index in [0.717, 1.165) is 0 Å². The van der Waals surface area contributed by atoms with Crippen LogP contribution in [-0.4, -0.2) is 16.8 Å². The summed E-state index contributed by atoms with van der Waals surface area (Å²) in [5.74, 6) is 5.16. The second-order valence-electron chi connectivity index (χ2n) is 2.16. The molecule has 1 rings (SSSR count). The maximum Gasteiger partial charge on any atom is 0.118 e. The van der Waals surface area contributed by atoms with Crippen LogP contribution < -0.4 is 0 Å². The van der Waals surface area contributed by atoms with Crippen molar-refractivity contribution in [3.8, 4) is 17.6 Å². The van der Waals surface area contributed by atoms with E-state index in [9.17, 15) is 0 Å². The van der Waals surface area contributed by atoms with Crippen LogP contribution in [0, 0.1) is 11.8 Å². The largest absolute Gasteiger partial charge is 0.508 e. The molecule has 0 aliphatic carbocycles. The van der Waals surface area contributed by atoms with Crippen LogP contribution in [0.2, 0.25) is 5.02 Å². The summed E-state index contributed by atoms with van der Waals surface area (Å²) in [6.45, 7) is -0.201. The van der Waals surface area contributed by atoms with E-state index in [1.807, 2.05) is 0 Å². The van der Waals surface area contributed by atoms with Crippen molar-refractivity contribution in [2.24, 2.45) is 0 Å². The highest BCUT2D eigenvalue weighted by Gasteiger charge is 1.94. The molecular formula is C9H7ClO2. The summed E-state index contributed by atoms with van der Waals surface area (Å²) < 4.78 is 0. The van der Waals surface area contributed by atoms with E-state index >= 15 is 0 Å². The van der Waals surface area contributed by atoms with Gasteiger partial charge in [0.1, 0.15) is 12.4 Å². The van der Waals surface area contributed by atoms with E-state index in [4.69, 9.17) is 21.8 Å². The fraction of sp³-hybridized carbons (Fsp3) is 0.111. The molecule has 0 saturated carbocycles. The number of hydrogen-bond acceptors (Lipinski definition) is 2. The van der Waals surface area contributed by atoms with Crippen molar-refractivity contribution in [2.75, 3.05) is 6.61 Å². The van der Waals surface area contributed by atoms with Crippen molar-refractivity contribution in [1.82, 2.24) is 0 Å². The Balaban J connectivity index is 3.01. The van der Waals surface area contributed by atoms with Gasteiger partial charge in [-0.3, -0.25) is 0 Å².